The van der Waals surface area contributed by atoms with Gasteiger partial charge in [-0.05, 0) is 69.3 Å². The number of benzene rings is 2. The van der Waals surface area contributed by atoms with E-state index in [1.807, 2.05) is 12.1 Å². The highest BCUT2D eigenvalue weighted by atomic mass is 16.5. The molecule has 2 aromatic carbocycles. The Kier molecular flexibility index (Phi) is 8.99. The lowest BCUT2D eigenvalue weighted by Crippen LogP contribution is -2.32. The first-order valence-corrected chi connectivity index (χ1v) is 10.1. The monoisotopic (exact) mass is 415 g/mol. The smallest absolute Gasteiger partial charge is 0.163 e. The van der Waals surface area contributed by atoms with Crippen molar-refractivity contribution in [2.45, 2.75) is 32.2 Å². The summed E-state index contributed by atoms with van der Waals surface area (Å²) in [6, 6.07) is 11.6. The molecule has 0 N–H and O–H groups in total. The second-order valence-electron chi connectivity index (χ2n) is 7.32. The van der Waals surface area contributed by atoms with Crippen molar-refractivity contribution in [1.82, 2.24) is 4.90 Å². The zero-order valence-corrected chi connectivity index (χ0v) is 18.9. The van der Waals surface area contributed by atoms with Crippen molar-refractivity contribution >= 4 is 5.78 Å². The molecule has 0 heterocycles. The lowest BCUT2D eigenvalue weighted by atomic mass is 10.0. The molecule has 0 bridgehead atoms. The Morgan fingerprint density at radius 3 is 2.03 bits per heavy atom. The Morgan fingerprint density at radius 1 is 0.867 bits per heavy atom. The molecular weight excluding hydrogens is 382 g/mol. The van der Waals surface area contributed by atoms with Crippen molar-refractivity contribution in [3.63, 3.8) is 0 Å². The van der Waals surface area contributed by atoms with Gasteiger partial charge >= 0.3 is 0 Å². The lowest BCUT2D eigenvalue weighted by Gasteiger charge is -2.25. The summed E-state index contributed by atoms with van der Waals surface area (Å²) >= 11 is 0. The van der Waals surface area contributed by atoms with Gasteiger partial charge in [-0.3, -0.25) is 4.79 Å². The fourth-order valence-corrected chi connectivity index (χ4v) is 3.37. The van der Waals surface area contributed by atoms with Crippen LogP contribution in [0.3, 0.4) is 0 Å². The minimum atomic E-state index is 0.108. The fraction of sp³-hybridized carbons (Fsp3) is 0.458. The summed E-state index contributed by atoms with van der Waals surface area (Å²) in [4.78, 5) is 14.8. The first-order chi connectivity index (χ1) is 14.4. The molecule has 0 radical (unpaired) electrons. The topological polar surface area (TPSA) is 57.2 Å². The van der Waals surface area contributed by atoms with E-state index in [-0.39, 0.29) is 5.78 Å². The Bertz CT molecular complexity index is 836. The standard InChI is InChI=1S/C24H33NO5/c1-17(14-18-9-11-21(27-3)23(15-18)29-5)25(2)13-7-8-20(26)19-10-12-22(28-4)24(16-19)30-6/h9-12,15-17H,7-8,13-14H2,1-6H3. The molecule has 0 aliphatic rings. The van der Waals surface area contributed by atoms with E-state index in [0.29, 0.717) is 29.5 Å². The molecule has 0 spiro atoms. The molecule has 0 amide bonds. The van der Waals surface area contributed by atoms with E-state index in [2.05, 4.69) is 24.9 Å². The highest BCUT2D eigenvalue weighted by Gasteiger charge is 2.14. The van der Waals surface area contributed by atoms with Crippen LogP contribution in [0.25, 0.3) is 0 Å². The third kappa shape index (κ3) is 6.13. The van der Waals surface area contributed by atoms with Crippen molar-refractivity contribution in [1.29, 1.82) is 0 Å². The largest absolute Gasteiger partial charge is 0.493 e. The molecule has 0 saturated carbocycles. The summed E-state index contributed by atoms with van der Waals surface area (Å²) in [7, 11) is 8.52. The van der Waals surface area contributed by atoms with Crippen molar-refractivity contribution in [3.05, 3.63) is 47.5 Å². The van der Waals surface area contributed by atoms with E-state index in [1.54, 1.807) is 46.6 Å². The zero-order chi connectivity index (χ0) is 22.1. The highest BCUT2D eigenvalue weighted by Crippen LogP contribution is 2.29. The number of Topliss-reactive ketones (excluding diaryl/α,β-unsaturated/α-hetero) is 1. The number of hydrogen-bond acceptors (Lipinski definition) is 6. The molecule has 30 heavy (non-hydrogen) atoms. The fourth-order valence-electron chi connectivity index (χ4n) is 3.37. The molecule has 164 valence electrons. The van der Waals surface area contributed by atoms with Gasteiger partial charge in [0, 0.05) is 18.0 Å². The molecule has 1 atom stereocenters. The zero-order valence-electron chi connectivity index (χ0n) is 18.9. The molecule has 0 aliphatic carbocycles. The number of carbonyl (C=O) groups is 1. The SMILES string of the molecule is COc1ccc(CC(C)N(C)CCCC(=O)c2ccc(OC)c(OC)c2)cc1OC. The lowest BCUT2D eigenvalue weighted by molar-refractivity contribution is 0.0973. The summed E-state index contributed by atoms with van der Waals surface area (Å²) in [5, 5.41) is 0. The first kappa shape index (κ1) is 23.5. The number of carbonyl (C=O) groups excluding carboxylic acids is 1. The van der Waals surface area contributed by atoms with Crippen LogP contribution in [0.2, 0.25) is 0 Å². The van der Waals surface area contributed by atoms with Crippen LogP contribution < -0.4 is 18.9 Å². The number of ether oxygens (including phenoxy) is 4. The molecular formula is C24H33NO5. The number of rotatable bonds is 12. The number of likely N-dealkylation sites (N-methyl/N-ethyl adjacent to an activating group) is 1. The molecule has 6 nitrogen and oxygen atoms in total. The average molecular weight is 416 g/mol. The van der Waals surface area contributed by atoms with Gasteiger partial charge in [0.25, 0.3) is 0 Å². The summed E-state index contributed by atoms with van der Waals surface area (Å²) in [6.07, 6.45) is 2.17. The van der Waals surface area contributed by atoms with Gasteiger partial charge in [0.1, 0.15) is 0 Å². The molecule has 0 saturated heterocycles. The average Bonchev–Trinajstić information content (AvgIpc) is 2.77. The van der Waals surface area contributed by atoms with Gasteiger partial charge in [0.15, 0.2) is 28.8 Å². The predicted octanol–water partition coefficient (Wildman–Crippen LogP) is 4.25. The number of nitrogens with zero attached hydrogens (tertiary/aromatic N) is 1. The van der Waals surface area contributed by atoms with Gasteiger partial charge in [0.05, 0.1) is 28.4 Å². The predicted molar refractivity (Wildman–Crippen MR) is 118 cm³/mol. The Morgan fingerprint density at radius 2 is 1.43 bits per heavy atom. The minimum Gasteiger partial charge on any atom is -0.493 e. The van der Waals surface area contributed by atoms with Crippen LogP contribution in [0.15, 0.2) is 36.4 Å². The van der Waals surface area contributed by atoms with E-state index >= 15 is 0 Å². The first-order valence-electron chi connectivity index (χ1n) is 10.1. The summed E-state index contributed by atoms with van der Waals surface area (Å²) in [5.74, 6) is 2.78. The van der Waals surface area contributed by atoms with Gasteiger partial charge < -0.3 is 23.8 Å². The summed E-state index contributed by atoms with van der Waals surface area (Å²) < 4.78 is 21.2. The maximum Gasteiger partial charge on any atom is 0.163 e. The Hall–Kier alpha value is -2.73. The second-order valence-corrected chi connectivity index (χ2v) is 7.32. The van der Waals surface area contributed by atoms with Gasteiger partial charge in [0.2, 0.25) is 0 Å². The third-order valence-electron chi connectivity index (χ3n) is 5.35. The van der Waals surface area contributed by atoms with E-state index in [4.69, 9.17) is 18.9 Å². The summed E-state index contributed by atoms with van der Waals surface area (Å²) in [6.45, 7) is 3.03. The third-order valence-corrected chi connectivity index (χ3v) is 5.35. The Balaban J connectivity index is 1.86. The maximum absolute atomic E-state index is 12.5. The molecule has 2 aromatic rings. The maximum atomic E-state index is 12.5. The van der Waals surface area contributed by atoms with Crippen LogP contribution in [-0.2, 0) is 6.42 Å². The molecule has 6 heteroatoms. The summed E-state index contributed by atoms with van der Waals surface area (Å²) in [5.41, 5.74) is 1.84. The number of hydrogen-bond donors (Lipinski definition) is 0. The molecule has 1 unspecified atom stereocenters. The van der Waals surface area contributed by atoms with E-state index < -0.39 is 0 Å². The molecule has 0 aliphatic heterocycles. The van der Waals surface area contributed by atoms with Crippen LogP contribution in [0.5, 0.6) is 23.0 Å². The minimum absolute atomic E-state index is 0.108. The molecule has 0 fully saturated rings. The van der Waals surface area contributed by atoms with E-state index in [1.165, 1.54) is 5.56 Å². The second kappa shape index (κ2) is 11.5. The van der Waals surface area contributed by atoms with Crippen molar-refractivity contribution in [3.8, 4) is 23.0 Å². The van der Waals surface area contributed by atoms with E-state index in [0.717, 1.165) is 30.9 Å². The van der Waals surface area contributed by atoms with Crippen LogP contribution in [-0.4, -0.2) is 58.8 Å². The number of ketones is 1. The van der Waals surface area contributed by atoms with Gasteiger partial charge in [-0.2, -0.15) is 0 Å². The molecule has 2 rings (SSSR count). The van der Waals surface area contributed by atoms with Gasteiger partial charge in [-0.1, -0.05) is 6.07 Å². The van der Waals surface area contributed by atoms with Gasteiger partial charge in [-0.25, -0.2) is 0 Å². The Labute approximate surface area is 179 Å². The van der Waals surface area contributed by atoms with Crippen LogP contribution in [0, 0.1) is 0 Å². The van der Waals surface area contributed by atoms with E-state index in [9.17, 15) is 4.79 Å². The molecule has 0 aromatic heterocycles. The highest BCUT2D eigenvalue weighted by molar-refractivity contribution is 5.96. The van der Waals surface area contributed by atoms with Crippen LogP contribution in [0.4, 0.5) is 0 Å². The van der Waals surface area contributed by atoms with Crippen molar-refractivity contribution in [2.24, 2.45) is 0 Å². The van der Waals surface area contributed by atoms with Crippen molar-refractivity contribution < 1.29 is 23.7 Å². The number of methoxy groups -OCH3 is 4. The normalized spacial score (nSPS) is 11.8. The van der Waals surface area contributed by atoms with Gasteiger partial charge in [-0.15, -0.1) is 0 Å². The van der Waals surface area contributed by atoms with Crippen LogP contribution >= 0.6 is 0 Å². The van der Waals surface area contributed by atoms with Crippen LogP contribution in [0.1, 0.15) is 35.7 Å². The van der Waals surface area contributed by atoms with Crippen molar-refractivity contribution in [2.75, 3.05) is 42.0 Å². The quantitative estimate of drug-likeness (QED) is 0.483.